The van der Waals surface area contributed by atoms with E-state index in [2.05, 4.69) is 36.1 Å². The van der Waals surface area contributed by atoms with Crippen LogP contribution in [0.4, 0.5) is 0 Å². The van der Waals surface area contributed by atoms with Gasteiger partial charge >= 0.3 is 0 Å². The van der Waals surface area contributed by atoms with Crippen molar-refractivity contribution in [3.05, 3.63) is 70.8 Å². The van der Waals surface area contributed by atoms with E-state index in [0.717, 1.165) is 19.6 Å². The summed E-state index contributed by atoms with van der Waals surface area (Å²) in [5.41, 5.74) is 3.88. The molecule has 2 aromatic carbocycles. The van der Waals surface area contributed by atoms with Gasteiger partial charge in [0.2, 0.25) is 0 Å². The van der Waals surface area contributed by atoms with Crippen molar-refractivity contribution in [2.45, 2.75) is 19.2 Å². The van der Waals surface area contributed by atoms with Gasteiger partial charge in [0.25, 0.3) is 5.91 Å². The van der Waals surface area contributed by atoms with Crippen molar-refractivity contribution in [2.24, 2.45) is 0 Å². The third-order valence-electron chi connectivity index (χ3n) is 4.78. The van der Waals surface area contributed by atoms with E-state index in [1.54, 1.807) is 24.3 Å². The molecule has 0 saturated carbocycles. The predicted molar refractivity (Wildman–Crippen MR) is 107 cm³/mol. The summed E-state index contributed by atoms with van der Waals surface area (Å²) < 4.78 is 22.7. The molecule has 6 heteroatoms. The van der Waals surface area contributed by atoms with E-state index >= 15 is 0 Å². The molecule has 5 nitrogen and oxygen atoms in total. The number of carbonyl (C=O) groups excluding carboxylic acids is 1. The van der Waals surface area contributed by atoms with Crippen LogP contribution in [0.5, 0.6) is 0 Å². The van der Waals surface area contributed by atoms with Crippen molar-refractivity contribution in [1.29, 1.82) is 0 Å². The molecular weight excluding hydrogens is 360 g/mol. The summed E-state index contributed by atoms with van der Waals surface area (Å²) >= 11 is 0. The predicted octanol–water partition coefficient (Wildman–Crippen LogP) is 2.50. The van der Waals surface area contributed by atoms with Crippen molar-refractivity contribution < 1.29 is 13.2 Å². The number of nitrogens with zero attached hydrogens (tertiary/aromatic N) is 2. The Bertz CT molecular complexity index is 899. The van der Waals surface area contributed by atoms with Crippen molar-refractivity contribution in [3.63, 3.8) is 0 Å². The zero-order valence-electron chi connectivity index (χ0n) is 15.9. The zero-order chi connectivity index (χ0) is 19.4. The highest BCUT2D eigenvalue weighted by molar-refractivity contribution is 7.89. The summed E-state index contributed by atoms with van der Waals surface area (Å²) in [6, 6.07) is 15.4. The summed E-state index contributed by atoms with van der Waals surface area (Å²) in [4.78, 5) is 16.9. The summed E-state index contributed by atoms with van der Waals surface area (Å²) in [6.07, 6.45) is 1.21. The first-order valence-electron chi connectivity index (χ1n) is 9.14. The Morgan fingerprint density at radius 1 is 0.963 bits per heavy atom. The average Bonchev–Trinajstić information content (AvgIpc) is 2.61. The fourth-order valence-electron chi connectivity index (χ4n) is 3.41. The molecule has 1 fully saturated rings. The van der Waals surface area contributed by atoms with E-state index in [1.165, 1.54) is 17.4 Å². The first kappa shape index (κ1) is 19.6. The van der Waals surface area contributed by atoms with Gasteiger partial charge in [0.15, 0.2) is 9.84 Å². The quantitative estimate of drug-likeness (QED) is 0.792. The van der Waals surface area contributed by atoms with Crippen LogP contribution in [0.2, 0.25) is 0 Å². The second kappa shape index (κ2) is 8.23. The van der Waals surface area contributed by atoms with Crippen molar-refractivity contribution in [3.8, 4) is 0 Å². The molecule has 144 valence electrons. The van der Waals surface area contributed by atoms with E-state index in [4.69, 9.17) is 0 Å². The van der Waals surface area contributed by atoms with Gasteiger partial charge < -0.3 is 4.90 Å². The number of hydrogen-bond donors (Lipinski definition) is 0. The maximum Gasteiger partial charge on any atom is 0.253 e. The van der Waals surface area contributed by atoms with Crippen LogP contribution in [0, 0.1) is 6.92 Å². The Labute approximate surface area is 161 Å². The minimum absolute atomic E-state index is 0.000888. The van der Waals surface area contributed by atoms with Crippen LogP contribution in [-0.4, -0.2) is 56.6 Å². The highest BCUT2D eigenvalue weighted by Gasteiger charge is 2.22. The van der Waals surface area contributed by atoms with Crippen LogP contribution in [0.1, 0.15) is 27.0 Å². The van der Waals surface area contributed by atoms with Gasteiger partial charge in [-0.05, 0) is 30.2 Å². The van der Waals surface area contributed by atoms with E-state index in [-0.39, 0.29) is 11.7 Å². The number of piperazine rings is 1. The molecule has 1 saturated heterocycles. The number of carbonyl (C=O) groups is 1. The summed E-state index contributed by atoms with van der Waals surface area (Å²) in [5.74, 6) is 0.00940. The molecule has 0 aromatic heterocycles. The van der Waals surface area contributed by atoms with E-state index < -0.39 is 9.84 Å². The monoisotopic (exact) mass is 386 g/mol. The molecule has 0 bridgehead atoms. The standard InChI is InChI=1S/C21H26N2O3S/c1-17-4-3-5-19(14-17)15-22-10-12-23(13-11-22)21(24)20-8-6-18(7-9-20)16-27(2,25)26/h3-9,14H,10-13,15-16H2,1-2H3. The van der Waals surface area contributed by atoms with Gasteiger partial charge in [-0.3, -0.25) is 9.69 Å². The Kier molecular flexibility index (Phi) is 5.97. The van der Waals surface area contributed by atoms with Crippen LogP contribution in [-0.2, 0) is 22.1 Å². The van der Waals surface area contributed by atoms with E-state index in [9.17, 15) is 13.2 Å². The maximum absolute atomic E-state index is 12.7. The van der Waals surface area contributed by atoms with Crippen LogP contribution in [0.3, 0.4) is 0 Å². The molecule has 1 heterocycles. The van der Waals surface area contributed by atoms with E-state index in [1.807, 2.05) is 4.90 Å². The normalized spacial score (nSPS) is 15.7. The fraction of sp³-hybridized carbons (Fsp3) is 0.381. The van der Waals surface area contributed by atoms with Gasteiger partial charge in [-0.15, -0.1) is 0 Å². The van der Waals surface area contributed by atoms with Gasteiger partial charge in [0.05, 0.1) is 5.75 Å². The first-order valence-corrected chi connectivity index (χ1v) is 11.2. The lowest BCUT2D eigenvalue weighted by atomic mass is 10.1. The van der Waals surface area contributed by atoms with Crippen LogP contribution < -0.4 is 0 Å². The molecule has 1 aliphatic heterocycles. The van der Waals surface area contributed by atoms with Gasteiger partial charge in [-0.1, -0.05) is 42.0 Å². The Hall–Kier alpha value is -2.18. The van der Waals surface area contributed by atoms with Gasteiger partial charge in [0, 0.05) is 44.5 Å². The van der Waals surface area contributed by atoms with Gasteiger partial charge in [-0.2, -0.15) is 0 Å². The zero-order valence-corrected chi connectivity index (χ0v) is 16.7. The highest BCUT2D eigenvalue weighted by atomic mass is 32.2. The second-order valence-corrected chi connectivity index (χ2v) is 9.46. The highest BCUT2D eigenvalue weighted by Crippen LogP contribution is 2.14. The molecule has 0 unspecified atom stereocenters. The van der Waals surface area contributed by atoms with Crippen LogP contribution in [0.15, 0.2) is 48.5 Å². The lowest BCUT2D eigenvalue weighted by Gasteiger charge is -2.34. The third-order valence-corrected chi connectivity index (χ3v) is 5.64. The number of hydrogen-bond acceptors (Lipinski definition) is 4. The number of benzene rings is 2. The molecule has 1 amide bonds. The molecule has 27 heavy (non-hydrogen) atoms. The fourth-order valence-corrected chi connectivity index (χ4v) is 4.20. The summed E-state index contributed by atoms with van der Waals surface area (Å²) in [5, 5.41) is 0. The Morgan fingerprint density at radius 2 is 1.63 bits per heavy atom. The lowest BCUT2D eigenvalue weighted by Crippen LogP contribution is -2.48. The first-order chi connectivity index (χ1) is 12.8. The largest absolute Gasteiger partial charge is 0.336 e. The number of rotatable bonds is 5. The topological polar surface area (TPSA) is 57.7 Å². The lowest BCUT2D eigenvalue weighted by molar-refractivity contribution is 0.0628. The minimum atomic E-state index is -3.07. The minimum Gasteiger partial charge on any atom is -0.336 e. The summed E-state index contributed by atoms with van der Waals surface area (Å²) in [7, 11) is -3.07. The number of sulfone groups is 1. The molecule has 0 atom stereocenters. The maximum atomic E-state index is 12.7. The molecule has 0 N–H and O–H groups in total. The Balaban J connectivity index is 1.55. The van der Waals surface area contributed by atoms with Crippen molar-refractivity contribution in [1.82, 2.24) is 9.80 Å². The van der Waals surface area contributed by atoms with Gasteiger partial charge in [0.1, 0.15) is 0 Å². The van der Waals surface area contributed by atoms with Crippen molar-refractivity contribution in [2.75, 3.05) is 32.4 Å². The number of aryl methyl sites for hydroxylation is 1. The Morgan fingerprint density at radius 3 is 2.22 bits per heavy atom. The second-order valence-electron chi connectivity index (χ2n) is 7.32. The summed E-state index contributed by atoms with van der Waals surface area (Å²) in [6.45, 7) is 6.12. The molecule has 3 rings (SSSR count). The van der Waals surface area contributed by atoms with Gasteiger partial charge in [-0.25, -0.2) is 8.42 Å². The van der Waals surface area contributed by atoms with E-state index in [0.29, 0.717) is 24.2 Å². The average molecular weight is 387 g/mol. The van der Waals surface area contributed by atoms with Crippen molar-refractivity contribution >= 4 is 15.7 Å². The number of amides is 1. The molecule has 1 aliphatic rings. The molecule has 0 spiro atoms. The SMILES string of the molecule is Cc1cccc(CN2CCN(C(=O)c3ccc(CS(C)(=O)=O)cc3)CC2)c1. The molecule has 0 radical (unpaired) electrons. The van der Waals surface area contributed by atoms with Crippen LogP contribution in [0.25, 0.3) is 0 Å². The third kappa shape index (κ3) is 5.65. The molecule has 0 aliphatic carbocycles. The molecule has 2 aromatic rings. The van der Waals surface area contributed by atoms with Crippen LogP contribution >= 0.6 is 0 Å². The molecular formula is C21H26N2O3S. The smallest absolute Gasteiger partial charge is 0.253 e.